The molecule has 34 heavy (non-hydrogen) atoms. The fourth-order valence-corrected chi connectivity index (χ4v) is 3.93. The highest BCUT2D eigenvalue weighted by Crippen LogP contribution is 2.25. The van der Waals surface area contributed by atoms with Gasteiger partial charge in [0.1, 0.15) is 0 Å². The van der Waals surface area contributed by atoms with Crippen LogP contribution in [0.25, 0.3) is 16.5 Å². The SMILES string of the molecule is C/C=C(\C)c1ccc(N=NC)c(C)c1.CC.CCC1CCCCC1.Cc1ccc2cn[nH]c2c1. The van der Waals surface area contributed by atoms with Crippen molar-refractivity contribution in [3.63, 3.8) is 0 Å². The first-order valence-corrected chi connectivity index (χ1v) is 12.9. The highest BCUT2D eigenvalue weighted by atomic mass is 15.1. The lowest BCUT2D eigenvalue weighted by molar-refractivity contribution is 0.349. The maximum Gasteiger partial charge on any atom is 0.0881 e. The van der Waals surface area contributed by atoms with Crippen LogP contribution in [0.5, 0.6) is 0 Å². The molecule has 4 nitrogen and oxygen atoms in total. The minimum atomic E-state index is 0.945. The molecule has 1 aliphatic rings. The van der Waals surface area contributed by atoms with Crippen molar-refractivity contribution >= 4 is 22.2 Å². The third kappa shape index (κ3) is 10.0. The number of aryl methyl sites for hydroxylation is 2. The van der Waals surface area contributed by atoms with Crippen LogP contribution < -0.4 is 0 Å². The van der Waals surface area contributed by atoms with Crippen molar-refractivity contribution in [2.45, 2.75) is 87.0 Å². The van der Waals surface area contributed by atoms with E-state index in [2.05, 4.69) is 84.5 Å². The predicted molar refractivity (Wildman–Crippen MR) is 150 cm³/mol. The number of hydrogen-bond donors (Lipinski definition) is 1. The molecule has 1 aromatic heterocycles. The van der Waals surface area contributed by atoms with Crippen LogP contribution in [0.4, 0.5) is 5.69 Å². The fourth-order valence-electron chi connectivity index (χ4n) is 3.93. The highest BCUT2D eigenvalue weighted by Gasteiger charge is 2.09. The van der Waals surface area contributed by atoms with Crippen molar-refractivity contribution in [1.29, 1.82) is 0 Å². The zero-order chi connectivity index (χ0) is 25.3. The number of benzene rings is 2. The summed E-state index contributed by atoms with van der Waals surface area (Å²) in [5.41, 5.74) is 7.01. The van der Waals surface area contributed by atoms with Gasteiger partial charge in [-0.1, -0.05) is 83.6 Å². The molecule has 1 saturated carbocycles. The minimum Gasteiger partial charge on any atom is -0.278 e. The molecule has 4 heteroatoms. The van der Waals surface area contributed by atoms with Gasteiger partial charge < -0.3 is 0 Å². The van der Waals surface area contributed by atoms with Gasteiger partial charge in [0.15, 0.2) is 0 Å². The molecule has 0 saturated heterocycles. The molecule has 186 valence electrons. The first-order valence-electron chi connectivity index (χ1n) is 12.9. The molecular weight excluding hydrogens is 416 g/mol. The second kappa shape index (κ2) is 16.8. The van der Waals surface area contributed by atoms with Crippen molar-refractivity contribution in [2.75, 3.05) is 7.05 Å². The molecule has 1 N–H and O–H groups in total. The molecular formula is C30H46N4. The Hall–Kier alpha value is -2.75. The van der Waals surface area contributed by atoms with Gasteiger partial charge >= 0.3 is 0 Å². The Bertz CT molecular complexity index is 1010. The summed E-state index contributed by atoms with van der Waals surface area (Å²) in [6.07, 6.45) is 12.9. The average Bonchev–Trinajstić information content (AvgIpc) is 3.35. The molecule has 3 aromatic rings. The van der Waals surface area contributed by atoms with Crippen molar-refractivity contribution in [3.05, 3.63) is 65.4 Å². The van der Waals surface area contributed by atoms with Crippen molar-refractivity contribution in [1.82, 2.24) is 10.2 Å². The lowest BCUT2D eigenvalue weighted by Gasteiger charge is -2.18. The Kier molecular flexibility index (Phi) is 14.5. The molecule has 0 radical (unpaired) electrons. The summed E-state index contributed by atoms with van der Waals surface area (Å²) < 4.78 is 0. The number of azo groups is 1. The maximum absolute atomic E-state index is 4.04. The number of aromatic amines is 1. The standard InChI is InChI=1S/C12H16N2.C8H8N2.C8H16.C2H6/c1-5-9(2)11-6-7-12(14-13-4)10(3)8-11;1-6-2-3-7-5-9-10-8(7)4-6;1-2-8-6-4-3-5-7-8;1-2/h5-8H,1-4H3;2-5H,1H3,(H,9,10);8H,2-7H2,1H3;1-2H3/b9-5+,14-13?;;;. The topological polar surface area (TPSA) is 53.4 Å². The third-order valence-electron chi connectivity index (χ3n) is 6.19. The van der Waals surface area contributed by atoms with Crippen LogP contribution in [-0.4, -0.2) is 17.2 Å². The van der Waals surface area contributed by atoms with Gasteiger partial charge in [0.2, 0.25) is 0 Å². The fraction of sp³-hybridized carbons (Fsp3) is 0.500. The van der Waals surface area contributed by atoms with Gasteiger partial charge in [0.05, 0.1) is 17.4 Å². The summed E-state index contributed by atoms with van der Waals surface area (Å²) in [4.78, 5) is 0. The predicted octanol–water partition coefficient (Wildman–Crippen LogP) is 10.0. The van der Waals surface area contributed by atoms with Crippen LogP contribution in [0.15, 0.2) is 58.9 Å². The normalized spacial score (nSPS) is 13.9. The molecule has 0 aliphatic heterocycles. The number of hydrogen-bond acceptors (Lipinski definition) is 3. The molecule has 1 aliphatic carbocycles. The number of nitrogens with zero attached hydrogens (tertiary/aromatic N) is 3. The van der Waals surface area contributed by atoms with E-state index in [9.17, 15) is 0 Å². The van der Waals surface area contributed by atoms with E-state index in [1.165, 1.54) is 60.6 Å². The molecule has 0 atom stereocenters. The summed E-state index contributed by atoms with van der Waals surface area (Å²) in [6.45, 7) is 14.6. The smallest absolute Gasteiger partial charge is 0.0881 e. The van der Waals surface area contributed by atoms with Crippen molar-refractivity contribution < 1.29 is 0 Å². The Morgan fingerprint density at radius 1 is 1.06 bits per heavy atom. The van der Waals surface area contributed by atoms with Crippen LogP contribution in [0.1, 0.15) is 89.8 Å². The van der Waals surface area contributed by atoms with Crippen LogP contribution in [0.2, 0.25) is 0 Å². The summed E-state index contributed by atoms with van der Waals surface area (Å²) >= 11 is 0. The van der Waals surface area contributed by atoms with Crippen LogP contribution in [0.3, 0.4) is 0 Å². The van der Waals surface area contributed by atoms with Gasteiger partial charge in [0.25, 0.3) is 0 Å². The van der Waals surface area contributed by atoms with E-state index in [1.54, 1.807) is 7.05 Å². The lowest BCUT2D eigenvalue weighted by Crippen LogP contribution is -2.03. The van der Waals surface area contributed by atoms with Gasteiger partial charge in [-0.05, 0) is 74.1 Å². The van der Waals surface area contributed by atoms with Crippen LogP contribution >= 0.6 is 0 Å². The van der Waals surface area contributed by atoms with Crippen molar-refractivity contribution in [3.8, 4) is 0 Å². The molecule has 2 aromatic carbocycles. The summed E-state index contributed by atoms with van der Waals surface area (Å²) in [5, 5.41) is 15.8. The first kappa shape index (κ1) is 29.3. The van der Waals surface area contributed by atoms with E-state index in [0.29, 0.717) is 0 Å². The monoisotopic (exact) mass is 462 g/mol. The Morgan fingerprint density at radius 2 is 1.76 bits per heavy atom. The van der Waals surface area contributed by atoms with E-state index >= 15 is 0 Å². The highest BCUT2D eigenvalue weighted by molar-refractivity contribution is 5.78. The summed E-state index contributed by atoms with van der Waals surface area (Å²) in [5.74, 6) is 1.09. The van der Waals surface area contributed by atoms with Crippen molar-refractivity contribution in [2.24, 2.45) is 16.1 Å². The Labute approximate surface area is 208 Å². The zero-order valence-corrected chi connectivity index (χ0v) is 22.8. The van der Waals surface area contributed by atoms with Crippen LogP contribution in [0, 0.1) is 19.8 Å². The number of allylic oxidation sites excluding steroid dienone is 2. The molecule has 0 unspecified atom stereocenters. The maximum atomic E-state index is 4.04. The second-order valence-electron chi connectivity index (χ2n) is 8.65. The zero-order valence-electron chi connectivity index (χ0n) is 22.8. The number of fused-ring (bicyclic) bond motifs is 1. The molecule has 1 heterocycles. The number of H-pyrrole nitrogens is 1. The largest absolute Gasteiger partial charge is 0.278 e. The number of aromatic nitrogens is 2. The third-order valence-corrected chi connectivity index (χ3v) is 6.19. The minimum absolute atomic E-state index is 0.945. The second-order valence-corrected chi connectivity index (χ2v) is 8.65. The van der Waals surface area contributed by atoms with E-state index in [4.69, 9.17) is 0 Å². The first-order chi connectivity index (χ1) is 16.5. The number of nitrogens with one attached hydrogen (secondary N) is 1. The summed E-state index contributed by atoms with van der Waals surface area (Å²) in [7, 11) is 1.69. The Balaban J connectivity index is 0.000000255. The van der Waals surface area contributed by atoms with Gasteiger partial charge in [0, 0.05) is 12.4 Å². The average molecular weight is 463 g/mol. The molecule has 4 rings (SSSR count). The van der Waals surface area contributed by atoms with E-state index < -0.39 is 0 Å². The van der Waals surface area contributed by atoms with Gasteiger partial charge in [-0.15, -0.1) is 0 Å². The van der Waals surface area contributed by atoms with E-state index in [-0.39, 0.29) is 0 Å². The van der Waals surface area contributed by atoms with E-state index in [0.717, 1.165) is 22.7 Å². The van der Waals surface area contributed by atoms with Crippen LogP contribution in [-0.2, 0) is 0 Å². The summed E-state index contributed by atoms with van der Waals surface area (Å²) in [6, 6.07) is 12.4. The Morgan fingerprint density at radius 3 is 2.32 bits per heavy atom. The number of rotatable bonds is 3. The molecule has 0 amide bonds. The molecule has 0 spiro atoms. The molecule has 0 bridgehead atoms. The molecule has 1 fully saturated rings. The quantitative estimate of drug-likeness (QED) is 0.387. The van der Waals surface area contributed by atoms with E-state index in [1.807, 2.05) is 33.0 Å². The van der Waals surface area contributed by atoms with Gasteiger partial charge in [-0.25, -0.2) is 0 Å². The van der Waals surface area contributed by atoms with Gasteiger partial charge in [-0.2, -0.15) is 15.3 Å². The lowest BCUT2D eigenvalue weighted by atomic mass is 9.88. The van der Waals surface area contributed by atoms with Gasteiger partial charge in [-0.3, -0.25) is 5.10 Å².